The maximum Gasteiger partial charge on any atom is 0.309 e. The number of esters is 1. The Labute approximate surface area is 61.2 Å². The summed E-state index contributed by atoms with van der Waals surface area (Å²) in [7, 11) is 1.38. The van der Waals surface area contributed by atoms with Gasteiger partial charge in [-0.1, -0.05) is 18.2 Å². The lowest BCUT2D eigenvalue weighted by molar-refractivity contribution is -0.139. The number of ether oxygens (including phenoxy) is 1. The average Bonchev–Trinajstić information content (AvgIpc) is 1.98. The number of allylic oxidation sites excluding steroid dienone is 2. The van der Waals surface area contributed by atoms with Crippen LogP contribution in [-0.4, -0.2) is 13.1 Å². The van der Waals surface area contributed by atoms with E-state index in [1.54, 1.807) is 12.2 Å². The molecule has 0 fully saturated rings. The third-order valence-electron chi connectivity index (χ3n) is 0.982. The van der Waals surface area contributed by atoms with Crippen molar-refractivity contribution in [3.8, 4) is 0 Å². The van der Waals surface area contributed by atoms with Gasteiger partial charge in [0.15, 0.2) is 0 Å². The van der Waals surface area contributed by atoms with Gasteiger partial charge < -0.3 is 4.74 Å². The van der Waals surface area contributed by atoms with E-state index in [0.717, 1.165) is 6.42 Å². The predicted octanol–water partition coefficient (Wildman–Crippen LogP) is 1.68. The number of hydrogen-bond donors (Lipinski definition) is 0. The van der Waals surface area contributed by atoms with Crippen molar-refractivity contribution in [2.24, 2.45) is 0 Å². The molecule has 0 aromatic carbocycles. The SMILES string of the molecule is C=CC/C=C\CC(=O)OC. The smallest absolute Gasteiger partial charge is 0.309 e. The van der Waals surface area contributed by atoms with E-state index in [-0.39, 0.29) is 5.97 Å². The normalized spacial score (nSPS) is 9.70. The number of hydrogen-bond acceptors (Lipinski definition) is 2. The summed E-state index contributed by atoms with van der Waals surface area (Å²) in [5, 5.41) is 0. The molecule has 56 valence electrons. The number of carbonyl (C=O) groups excluding carboxylic acids is 1. The highest BCUT2D eigenvalue weighted by molar-refractivity contribution is 5.70. The minimum atomic E-state index is -0.208. The van der Waals surface area contributed by atoms with Crippen LogP contribution in [0.5, 0.6) is 0 Å². The highest BCUT2D eigenvalue weighted by Crippen LogP contribution is 1.89. The quantitative estimate of drug-likeness (QED) is 0.438. The molecule has 0 amide bonds. The van der Waals surface area contributed by atoms with Gasteiger partial charge in [0.2, 0.25) is 0 Å². The molecule has 0 saturated carbocycles. The Morgan fingerprint density at radius 2 is 2.30 bits per heavy atom. The van der Waals surface area contributed by atoms with Crippen LogP contribution in [-0.2, 0) is 9.53 Å². The minimum absolute atomic E-state index is 0.208. The standard InChI is InChI=1S/C8H12O2/c1-3-4-5-6-7-8(9)10-2/h3,5-6H,1,4,7H2,2H3/b6-5-. The molecule has 0 aliphatic rings. The van der Waals surface area contributed by atoms with E-state index in [9.17, 15) is 4.79 Å². The number of carbonyl (C=O) groups is 1. The van der Waals surface area contributed by atoms with E-state index in [2.05, 4.69) is 11.3 Å². The lowest BCUT2D eigenvalue weighted by Crippen LogP contribution is -1.96. The molecule has 0 atom stereocenters. The Hall–Kier alpha value is -1.05. The maximum atomic E-state index is 10.5. The summed E-state index contributed by atoms with van der Waals surface area (Å²) in [5.41, 5.74) is 0. The Morgan fingerprint density at radius 3 is 2.80 bits per heavy atom. The van der Waals surface area contributed by atoms with Crippen molar-refractivity contribution in [1.82, 2.24) is 0 Å². The molecule has 0 N–H and O–H groups in total. The first-order chi connectivity index (χ1) is 4.81. The van der Waals surface area contributed by atoms with Crippen LogP contribution in [0.2, 0.25) is 0 Å². The Morgan fingerprint density at radius 1 is 1.60 bits per heavy atom. The van der Waals surface area contributed by atoms with Gasteiger partial charge in [0.05, 0.1) is 13.5 Å². The first kappa shape index (κ1) is 8.95. The first-order valence-electron chi connectivity index (χ1n) is 3.14. The van der Waals surface area contributed by atoms with Crippen molar-refractivity contribution in [1.29, 1.82) is 0 Å². The van der Waals surface area contributed by atoms with Gasteiger partial charge in [-0.25, -0.2) is 0 Å². The van der Waals surface area contributed by atoms with Crippen LogP contribution in [0.3, 0.4) is 0 Å². The molecule has 0 aliphatic heterocycles. The molecule has 0 rings (SSSR count). The van der Waals surface area contributed by atoms with Gasteiger partial charge in [-0.05, 0) is 6.42 Å². The molecule has 0 heterocycles. The van der Waals surface area contributed by atoms with Crippen LogP contribution < -0.4 is 0 Å². The van der Waals surface area contributed by atoms with Crippen LogP contribution in [0.4, 0.5) is 0 Å². The molecular weight excluding hydrogens is 128 g/mol. The largest absolute Gasteiger partial charge is 0.469 e. The maximum absolute atomic E-state index is 10.5. The third-order valence-corrected chi connectivity index (χ3v) is 0.982. The summed E-state index contributed by atoms with van der Waals surface area (Å²) in [4.78, 5) is 10.5. The summed E-state index contributed by atoms with van der Waals surface area (Å²) in [6.07, 6.45) is 6.58. The van der Waals surface area contributed by atoms with Gasteiger partial charge in [-0.3, -0.25) is 4.79 Å². The van der Waals surface area contributed by atoms with Gasteiger partial charge in [0, 0.05) is 0 Å². The molecule has 10 heavy (non-hydrogen) atoms. The monoisotopic (exact) mass is 140 g/mol. The molecule has 0 radical (unpaired) electrons. The Bertz CT molecular complexity index is 136. The molecule has 0 bridgehead atoms. The summed E-state index contributed by atoms with van der Waals surface area (Å²) < 4.78 is 4.41. The topological polar surface area (TPSA) is 26.3 Å². The zero-order valence-electron chi connectivity index (χ0n) is 6.17. The number of methoxy groups -OCH3 is 1. The molecule has 2 heteroatoms. The Kier molecular flexibility index (Phi) is 5.44. The molecule has 0 aromatic rings. The van der Waals surface area contributed by atoms with Gasteiger partial charge >= 0.3 is 5.97 Å². The summed E-state index contributed by atoms with van der Waals surface area (Å²) in [6.45, 7) is 3.53. The van der Waals surface area contributed by atoms with E-state index in [4.69, 9.17) is 0 Å². The van der Waals surface area contributed by atoms with Crippen molar-refractivity contribution >= 4 is 5.97 Å². The van der Waals surface area contributed by atoms with E-state index in [1.807, 2.05) is 6.08 Å². The highest BCUT2D eigenvalue weighted by Gasteiger charge is 1.91. The van der Waals surface area contributed by atoms with Gasteiger partial charge in [-0.15, -0.1) is 6.58 Å². The zero-order chi connectivity index (χ0) is 7.82. The molecule has 0 saturated heterocycles. The molecule has 0 unspecified atom stereocenters. The third kappa shape index (κ3) is 5.09. The molecule has 0 aromatic heterocycles. The summed E-state index contributed by atoms with van der Waals surface area (Å²) in [5.74, 6) is -0.208. The van der Waals surface area contributed by atoms with Crippen LogP contribution in [0, 0.1) is 0 Å². The second-order valence-electron chi connectivity index (χ2n) is 1.78. The molecule has 2 nitrogen and oxygen atoms in total. The van der Waals surface area contributed by atoms with E-state index >= 15 is 0 Å². The van der Waals surface area contributed by atoms with E-state index in [0.29, 0.717) is 6.42 Å². The first-order valence-corrected chi connectivity index (χ1v) is 3.14. The summed E-state index contributed by atoms with van der Waals surface area (Å²) in [6, 6.07) is 0. The van der Waals surface area contributed by atoms with Gasteiger partial charge in [-0.2, -0.15) is 0 Å². The zero-order valence-corrected chi connectivity index (χ0v) is 6.17. The highest BCUT2D eigenvalue weighted by atomic mass is 16.5. The lowest BCUT2D eigenvalue weighted by Gasteiger charge is -1.90. The van der Waals surface area contributed by atoms with Crippen LogP contribution in [0.1, 0.15) is 12.8 Å². The van der Waals surface area contributed by atoms with Gasteiger partial charge in [0.1, 0.15) is 0 Å². The fraction of sp³-hybridized carbons (Fsp3) is 0.375. The molecule has 0 aliphatic carbocycles. The second kappa shape index (κ2) is 6.08. The van der Waals surface area contributed by atoms with Crippen molar-refractivity contribution in [3.63, 3.8) is 0 Å². The lowest BCUT2D eigenvalue weighted by atomic mass is 10.3. The summed E-state index contributed by atoms with van der Waals surface area (Å²) >= 11 is 0. The molecular formula is C8H12O2. The Balaban J connectivity index is 3.33. The predicted molar refractivity (Wildman–Crippen MR) is 40.6 cm³/mol. The van der Waals surface area contributed by atoms with Crippen molar-refractivity contribution in [2.45, 2.75) is 12.8 Å². The van der Waals surface area contributed by atoms with Crippen LogP contribution in [0.15, 0.2) is 24.8 Å². The average molecular weight is 140 g/mol. The fourth-order valence-corrected chi connectivity index (χ4v) is 0.455. The van der Waals surface area contributed by atoms with Crippen molar-refractivity contribution in [3.05, 3.63) is 24.8 Å². The van der Waals surface area contributed by atoms with Crippen molar-refractivity contribution in [2.75, 3.05) is 7.11 Å². The van der Waals surface area contributed by atoms with E-state index < -0.39 is 0 Å². The second-order valence-corrected chi connectivity index (χ2v) is 1.78. The fourth-order valence-electron chi connectivity index (χ4n) is 0.455. The van der Waals surface area contributed by atoms with Gasteiger partial charge in [0.25, 0.3) is 0 Å². The molecule has 0 spiro atoms. The van der Waals surface area contributed by atoms with Crippen molar-refractivity contribution < 1.29 is 9.53 Å². The number of rotatable bonds is 4. The minimum Gasteiger partial charge on any atom is -0.469 e. The van der Waals surface area contributed by atoms with E-state index in [1.165, 1.54) is 7.11 Å². The van der Waals surface area contributed by atoms with Crippen LogP contribution >= 0.6 is 0 Å². The van der Waals surface area contributed by atoms with Crippen LogP contribution in [0.25, 0.3) is 0 Å².